The predicted molar refractivity (Wildman–Crippen MR) is 135 cm³/mol. The van der Waals surface area contributed by atoms with E-state index < -0.39 is 23.4 Å². The van der Waals surface area contributed by atoms with Gasteiger partial charge in [-0.2, -0.15) is 13.2 Å². The van der Waals surface area contributed by atoms with Crippen molar-refractivity contribution in [3.8, 4) is 0 Å². The third kappa shape index (κ3) is 6.91. The maximum absolute atomic E-state index is 13.7. The predicted octanol–water partition coefficient (Wildman–Crippen LogP) is 6.97. The number of halogens is 5. The monoisotopic (exact) mass is 523 g/mol. The molecule has 4 rings (SSSR count). The molecule has 0 radical (unpaired) electrons. The van der Waals surface area contributed by atoms with Gasteiger partial charge in [0.05, 0.1) is 5.56 Å². The van der Waals surface area contributed by atoms with Crippen LogP contribution in [0.1, 0.15) is 28.7 Å². The first-order valence-electron chi connectivity index (χ1n) is 11.7. The molecule has 3 aromatic rings. The largest absolute Gasteiger partial charge is 0.416 e. The molecule has 1 amide bonds. The molecular weight excluding hydrogens is 501 g/mol. The van der Waals surface area contributed by atoms with Crippen LogP contribution in [-0.2, 0) is 15.8 Å². The Kier molecular flexibility index (Phi) is 8.00. The van der Waals surface area contributed by atoms with Gasteiger partial charge in [-0.25, -0.2) is 8.78 Å². The smallest absolute Gasteiger partial charge is 0.333 e. The number of amides is 1. The fraction of sp³-hybridized carbons (Fsp3) is 0.133. The summed E-state index contributed by atoms with van der Waals surface area (Å²) in [6, 6.07) is 15.9. The van der Waals surface area contributed by atoms with Gasteiger partial charge in [-0.15, -0.1) is 0 Å². The Morgan fingerprint density at radius 1 is 0.789 bits per heavy atom. The summed E-state index contributed by atoms with van der Waals surface area (Å²) in [7, 11) is 0. The number of rotatable bonds is 5. The van der Waals surface area contributed by atoms with Crippen molar-refractivity contribution in [2.24, 2.45) is 0 Å². The Balaban J connectivity index is 1.56. The molecule has 0 aromatic heterocycles. The number of hydrogen-bond acceptors (Lipinski definition) is 2. The minimum Gasteiger partial charge on any atom is -0.333 e. The van der Waals surface area contributed by atoms with Crippen LogP contribution in [0.25, 0.3) is 18.2 Å². The minimum atomic E-state index is -4.43. The molecule has 0 bridgehead atoms. The van der Waals surface area contributed by atoms with Crippen molar-refractivity contribution in [3.05, 3.63) is 124 Å². The number of alkyl halides is 3. The highest BCUT2D eigenvalue weighted by Crippen LogP contribution is 2.29. The van der Waals surface area contributed by atoms with Gasteiger partial charge in [-0.1, -0.05) is 48.6 Å². The van der Waals surface area contributed by atoms with Crippen LogP contribution in [0.5, 0.6) is 0 Å². The number of carbonyl (C=O) groups is 2. The van der Waals surface area contributed by atoms with Crippen molar-refractivity contribution >= 4 is 29.9 Å². The van der Waals surface area contributed by atoms with Crippen LogP contribution < -0.4 is 0 Å². The molecule has 1 heterocycles. The summed E-state index contributed by atoms with van der Waals surface area (Å²) in [5.74, 6) is -1.60. The van der Waals surface area contributed by atoms with Gasteiger partial charge in [0.15, 0.2) is 5.78 Å². The summed E-state index contributed by atoms with van der Waals surface area (Å²) in [5, 5.41) is 0. The second kappa shape index (κ2) is 11.4. The molecule has 0 atom stereocenters. The van der Waals surface area contributed by atoms with Gasteiger partial charge in [0.1, 0.15) is 11.6 Å². The SMILES string of the molecule is O=C1C(=Cc2cccc(F)c2)CN(C(=O)CC=Cc2ccc(C(F)(F)F)cc2)C/C1=C\c1cccc(F)c1. The summed E-state index contributed by atoms with van der Waals surface area (Å²) in [6.45, 7) is -0.0222. The van der Waals surface area contributed by atoms with Crippen LogP contribution in [0.15, 0.2) is 90.0 Å². The molecule has 3 aromatic carbocycles. The molecule has 1 aliphatic heterocycles. The molecule has 1 fully saturated rings. The van der Waals surface area contributed by atoms with Crippen molar-refractivity contribution in [1.29, 1.82) is 0 Å². The number of benzene rings is 3. The third-order valence-corrected chi connectivity index (χ3v) is 5.88. The number of Topliss-reactive ketones (excluding diaryl/α,β-unsaturated/α-hetero) is 1. The molecular formula is C30H22F5NO2. The zero-order chi connectivity index (χ0) is 27.3. The van der Waals surface area contributed by atoms with E-state index in [1.165, 1.54) is 71.7 Å². The molecule has 0 N–H and O–H groups in total. The Labute approximate surface area is 216 Å². The summed E-state index contributed by atoms with van der Waals surface area (Å²) in [5.41, 5.74) is 1.18. The first kappa shape index (κ1) is 26.7. The van der Waals surface area contributed by atoms with Crippen molar-refractivity contribution in [1.82, 2.24) is 4.90 Å². The van der Waals surface area contributed by atoms with Gasteiger partial charge in [-0.05, 0) is 65.2 Å². The maximum atomic E-state index is 13.7. The van der Waals surface area contributed by atoms with Crippen LogP contribution in [0, 0.1) is 11.6 Å². The summed E-state index contributed by atoms with van der Waals surface area (Å²) in [4.78, 5) is 27.7. The lowest BCUT2D eigenvalue weighted by molar-refractivity contribution is -0.137. The lowest BCUT2D eigenvalue weighted by Crippen LogP contribution is -2.41. The fourth-order valence-corrected chi connectivity index (χ4v) is 4.02. The topological polar surface area (TPSA) is 37.4 Å². The first-order valence-corrected chi connectivity index (χ1v) is 11.7. The van der Waals surface area contributed by atoms with E-state index in [4.69, 9.17) is 0 Å². The number of hydrogen-bond donors (Lipinski definition) is 0. The highest BCUT2D eigenvalue weighted by molar-refractivity contribution is 6.15. The van der Waals surface area contributed by atoms with E-state index in [1.807, 2.05) is 0 Å². The van der Waals surface area contributed by atoms with Crippen molar-refractivity contribution < 1.29 is 31.5 Å². The van der Waals surface area contributed by atoms with Gasteiger partial charge >= 0.3 is 6.18 Å². The molecule has 1 saturated heterocycles. The molecule has 1 aliphatic rings. The van der Waals surface area contributed by atoms with Gasteiger partial charge < -0.3 is 4.90 Å². The average molecular weight is 524 g/mol. The lowest BCUT2D eigenvalue weighted by atomic mass is 9.94. The maximum Gasteiger partial charge on any atom is 0.416 e. The number of likely N-dealkylation sites (tertiary alicyclic amines) is 1. The van der Waals surface area contributed by atoms with Gasteiger partial charge in [0, 0.05) is 30.7 Å². The normalized spacial score (nSPS) is 16.6. The van der Waals surface area contributed by atoms with E-state index in [1.54, 1.807) is 18.2 Å². The average Bonchev–Trinajstić information content (AvgIpc) is 2.86. The van der Waals surface area contributed by atoms with Crippen molar-refractivity contribution in [3.63, 3.8) is 0 Å². The number of nitrogens with zero attached hydrogens (tertiary/aromatic N) is 1. The standard InChI is InChI=1S/C30H22F5NO2/c31-26-7-1-5-21(16-26)14-23-18-36(19-24(29(23)38)15-22-6-2-8-27(32)17-22)28(37)9-3-4-20-10-12-25(13-11-20)30(33,34)35/h1-8,10-17H,9,18-19H2/b4-3?,23-14+,24-15?. The molecule has 3 nitrogen and oxygen atoms in total. The van der Waals surface area contributed by atoms with E-state index in [0.29, 0.717) is 16.7 Å². The lowest BCUT2D eigenvalue weighted by Gasteiger charge is -2.30. The molecule has 8 heteroatoms. The van der Waals surface area contributed by atoms with Crippen molar-refractivity contribution in [2.75, 3.05) is 13.1 Å². The summed E-state index contributed by atoms with van der Waals surface area (Å²) >= 11 is 0. The van der Waals surface area contributed by atoms with Gasteiger partial charge in [-0.3, -0.25) is 9.59 Å². The molecule has 0 unspecified atom stereocenters. The van der Waals surface area contributed by atoms with Gasteiger partial charge in [0.25, 0.3) is 0 Å². The summed E-state index contributed by atoms with van der Waals surface area (Å²) < 4.78 is 65.6. The Morgan fingerprint density at radius 2 is 1.32 bits per heavy atom. The van der Waals surface area contributed by atoms with E-state index in [2.05, 4.69) is 0 Å². The minimum absolute atomic E-state index is 0.0111. The van der Waals surface area contributed by atoms with Crippen LogP contribution in [0.2, 0.25) is 0 Å². The van der Waals surface area contributed by atoms with Crippen LogP contribution in [-0.4, -0.2) is 29.7 Å². The zero-order valence-electron chi connectivity index (χ0n) is 20.0. The number of carbonyl (C=O) groups excluding carboxylic acids is 2. The zero-order valence-corrected chi connectivity index (χ0v) is 20.0. The highest BCUT2D eigenvalue weighted by atomic mass is 19.4. The molecule has 0 saturated carbocycles. The van der Waals surface area contributed by atoms with Gasteiger partial charge in [0.2, 0.25) is 5.91 Å². The number of ketones is 1. The van der Waals surface area contributed by atoms with Crippen LogP contribution >= 0.6 is 0 Å². The Bertz CT molecular complexity index is 1370. The fourth-order valence-electron chi connectivity index (χ4n) is 4.02. The Morgan fingerprint density at radius 3 is 1.79 bits per heavy atom. The first-order chi connectivity index (χ1) is 18.1. The Hall–Kier alpha value is -4.33. The quantitative estimate of drug-likeness (QED) is 0.268. The van der Waals surface area contributed by atoms with Crippen LogP contribution in [0.4, 0.5) is 22.0 Å². The van der Waals surface area contributed by atoms with E-state index >= 15 is 0 Å². The summed E-state index contributed by atoms with van der Waals surface area (Å²) in [6.07, 6.45) is 1.62. The third-order valence-electron chi connectivity index (χ3n) is 5.88. The molecule has 0 aliphatic carbocycles. The molecule has 194 valence electrons. The van der Waals surface area contributed by atoms with E-state index in [-0.39, 0.29) is 42.3 Å². The molecule has 38 heavy (non-hydrogen) atoms. The highest BCUT2D eigenvalue weighted by Gasteiger charge is 2.30. The molecule has 0 spiro atoms. The second-order valence-corrected chi connectivity index (χ2v) is 8.75. The second-order valence-electron chi connectivity index (χ2n) is 8.75. The van der Waals surface area contributed by atoms with E-state index in [9.17, 15) is 31.5 Å². The van der Waals surface area contributed by atoms with Crippen LogP contribution in [0.3, 0.4) is 0 Å². The van der Waals surface area contributed by atoms with Crippen molar-refractivity contribution in [2.45, 2.75) is 12.6 Å². The van der Waals surface area contributed by atoms with E-state index in [0.717, 1.165) is 12.1 Å². The number of piperidine rings is 1.